The van der Waals surface area contributed by atoms with Gasteiger partial charge >= 0.3 is 0 Å². The van der Waals surface area contributed by atoms with Gasteiger partial charge in [0.25, 0.3) is 0 Å². The first-order valence-corrected chi connectivity index (χ1v) is 8.22. The van der Waals surface area contributed by atoms with Crippen LogP contribution >= 0.6 is 11.3 Å². The number of anilines is 1. The van der Waals surface area contributed by atoms with E-state index in [1.807, 2.05) is 0 Å². The molecule has 0 aliphatic carbocycles. The van der Waals surface area contributed by atoms with Gasteiger partial charge in [-0.2, -0.15) is 0 Å². The van der Waals surface area contributed by atoms with Gasteiger partial charge in [0.1, 0.15) is 5.01 Å². The molecule has 1 N–H and O–H groups in total. The lowest BCUT2D eigenvalue weighted by Crippen LogP contribution is -2.37. The van der Waals surface area contributed by atoms with Gasteiger partial charge in [-0.1, -0.05) is 18.3 Å². The number of aromatic nitrogens is 2. The highest BCUT2D eigenvalue weighted by atomic mass is 32.2. The Kier molecular flexibility index (Phi) is 4.87. The van der Waals surface area contributed by atoms with Crippen LogP contribution in [0.2, 0.25) is 0 Å². The van der Waals surface area contributed by atoms with Gasteiger partial charge in [-0.25, -0.2) is 0 Å². The molecule has 1 aromatic rings. The fourth-order valence-electron chi connectivity index (χ4n) is 1.65. The summed E-state index contributed by atoms with van der Waals surface area (Å²) in [6.07, 6.45) is 1.09. The Labute approximate surface area is 108 Å². The molecule has 1 aliphatic rings. The van der Waals surface area contributed by atoms with Crippen LogP contribution in [0.15, 0.2) is 0 Å². The Hall–Kier alpha value is -0.530. The van der Waals surface area contributed by atoms with E-state index in [1.54, 1.807) is 11.3 Å². The Balaban J connectivity index is 1.82. The van der Waals surface area contributed by atoms with Gasteiger partial charge in [0.15, 0.2) is 0 Å². The predicted octanol–water partition coefficient (Wildman–Crippen LogP) is 0.924. The van der Waals surface area contributed by atoms with E-state index in [-0.39, 0.29) is 0 Å². The van der Waals surface area contributed by atoms with E-state index in [0.717, 1.165) is 54.2 Å². The highest BCUT2D eigenvalue weighted by Crippen LogP contribution is 2.17. The van der Waals surface area contributed by atoms with Crippen LogP contribution in [0.3, 0.4) is 0 Å². The number of hydrogen-bond donors (Lipinski definition) is 1. The summed E-state index contributed by atoms with van der Waals surface area (Å²) in [4.78, 5) is 2.30. The number of nitrogens with one attached hydrogen (secondary N) is 1. The molecule has 1 aliphatic heterocycles. The molecular weight excluding hydrogens is 256 g/mol. The SMILES string of the molecule is CCCNc1nnc(CN2CCS(=O)CC2)s1. The van der Waals surface area contributed by atoms with Crippen molar-refractivity contribution >= 4 is 27.3 Å². The first-order chi connectivity index (χ1) is 8.28. The third-order valence-corrected chi connectivity index (χ3v) is 4.76. The molecule has 96 valence electrons. The average molecular weight is 274 g/mol. The normalized spacial score (nSPS) is 18.4. The summed E-state index contributed by atoms with van der Waals surface area (Å²) >= 11 is 1.62. The van der Waals surface area contributed by atoms with Crippen molar-refractivity contribution in [1.29, 1.82) is 0 Å². The molecule has 0 atom stereocenters. The monoisotopic (exact) mass is 274 g/mol. The van der Waals surface area contributed by atoms with Crippen molar-refractivity contribution < 1.29 is 4.21 Å². The highest BCUT2D eigenvalue weighted by molar-refractivity contribution is 7.85. The zero-order valence-electron chi connectivity index (χ0n) is 10.0. The molecule has 5 nitrogen and oxygen atoms in total. The molecule has 17 heavy (non-hydrogen) atoms. The van der Waals surface area contributed by atoms with Crippen molar-refractivity contribution in [3.8, 4) is 0 Å². The molecular formula is C10H18N4OS2. The maximum Gasteiger partial charge on any atom is 0.205 e. The van der Waals surface area contributed by atoms with E-state index in [4.69, 9.17) is 0 Å². The lowest BCUT2D eigenvalue weighted by molar-refractivity contribution is 0.290. The molecule has 7 heteroatoms. The van der Waals surface area contributed by atoms with E-state index in [2.05, 4.69) is 27.3 Å². The quantitative estimate of drug-likeness (QED) is 0.865. The molecule has 0 radical (unpaired) electrons. The third-order valence-electron chi connectivity index (χ3n) is 2.62. The maximum absolute atomic E-state index is 11.2. The maximum atomic E-state index is 11.2. The standard InChI is InChI=1S/C10H18N4OS2/c1-2-3-11-10-13-12-9(16-10)8-14-4-6-17(15)7-5-14/h2-8H2,1H3,(H,11,13). The van der Waals surface area contributed by atoms with E-state index in [1.165, 1.54) is 0 Å². The van der Waals surface area contributed by atoms with Crippen molar-refractivity contribution in [3.05, 3.63) is 5.01 Å². The molecule has 0 saturated carbocycles. The van der Waals surface area contributed by atoms with E-state index >= 15 is 0 Å². The van der Waals surface area contributed by atoms with Crippen LogP contribution in [0.5, 0.6) is 0 Å². The summed E-state index contributed by atoms with van der Waals surface area (Å²) in [6.45, 7) is 5.72. The molecule has 0 unspecified atom stereocenters. The smallest absolute Gasteiger partial charge is 0.205 e. The highest BCUT2D eigenvalue weighted by Gasteiger charge is 2.16. The summed E-state index contributed by atoms with van der Waals surface area (Å²) in [6, 6.07) is 0. The Bertz CT molecular complexity index is 372. The minimum atomic E-state index is -0.605. The van der Waals surface area contributed by atoms with Gasteiger partial charge < -0.3 is 5.32 Å². The Morgan fingerprint density at radius 2 is 2.18 bits per heavy atom. The number of hydrogen-bond acceptors (Lipinski definition) is 6. The van der Waals surface area contributed by atoms with Gasteiger partial charge in [-0.15, -0.1) is 10.2 Å². The summed E-state index contributed by atoms with van der Waals surface area (Å²) in [5.41, 5.74) is 0. The van der Waals surface area contributed by atoms with Crippen LogP contribution in [0.25, 0.3) is 0 Å². The first kappa shape index (κ1) is 12.9. The van der Waals surface area contributed by atoms with Gasteiger partial charge in [0.05, 0.1) is 6.54 Å². The summed E-state index contributed by atoms with van der Waals surface area (Å²) < 4.78 is 11.2. The summed E-state index contributed by atoms with van der Waals surface area (Å²) in [5, 5.41) is 13.5. The van der Waals surface area contributed by atoms with Gasteiger partial charge in [0, 0.05) is 41.9 Å². The third kappa shape index (κ3) is 4.01. The second-order valence-corrected chi connectivity index (χ2v) is 6.81. The van der Waals surface area contributed by atoms with Gasteiger partial charge in [-0.3, -0.25) is 9.11 Å². The van der Waals surface area contributed by atoms with Crippen LogP contribution in [0, 0.1) is 0 Å². The summed E-state index contributed by atoms with van der Waals surface area (Å²) in [7, 11) is -0.605. The van der Waals surface area contributed by atoms with E-state index < -0.39 is 10.8 Å². The summed E-state index contributed by atoms with van der Waals surface area (Å²) in [5.74, 6) is 1.58. The molecule has 1 saturated heterocycles. The van der Waals surface area contributed by atoms with Crippen molar-refractivity contribution in [2.45, 2.75) is 19.9 Å². The lowest BCUT2D eigenvalue weighted by Gasteiger charge is -2.24. The fourth-order valence-corrected chi connectivity index (χ4v) is 3.58. The lowest BCUT2D eigenvalue weighted by atomic mass is 10.5. The minimum absolute atomic E-state index is 0.605. The van der Waals surface area contributed by atoms with Crippen LogP contribution in [-0.4, -0.2) is 50.4 Å². The van der Waals surface area contributed by atoms with Crippen LogP contribution in [0.1, 0.15) is 18.4 Å². The zero-order chi connectivity index (χ0) is 12.1. The predicted molar refractivity (Wildman–Crippen MR) is 71.8 cm³/mol. The molecule has 2 heterocycles. The van der Waals surface area contributed by atoms with Crippen LogP contribution < -0.4 is 5.32 Å². The van der Waals surface area contributed by atoms with Crippen LogP contribution in [0.4, 0.5) is 5.13 Å². The second-order valence-electron chi connectivity index (χ2n) is 4.05. The zero-order valence-corrected chi connectivity index (χ0v) is 11.6. The molecule has 0 aromatic carbocycles. The molecule has 0 bridgehead atoms. The Morgan fingerprint density at radius 3 is 2.88 bits per heavy atom. The number of nitrogens with zero attached hydrogens (tertiary/aromatic N) is 3. The molecule has 0 spiro atoms. The fraction of sp³-hybridized carbons (Fsp3) is 0.800. The topological polar surface area (TPSA) is 58.1 Å². The van der Waals surface area contributed by atoms with Crippen molar-refractivity contribution in [1.82, 2.24) is 15.1 Å². The second kappa shape index (κ2) is 6.42. The first-order valence-electron chi connectivity index (χ1n) is 5.91. The van der Waals surface area contributed by atoms with Crippen molar-refractivity contribution in [2.24, 2.45) is 0 Å². The largest absolute Gasteiger partial charge is 0.360 e. The van der Waals surface area contributed by atoms with E-state index in [0.29, 0.717) is 0 Å². The molecule has 0 amide bonds. The Morgan fingerprint density at radius 1 is 1.41 bits per heavy atom. The van der Waals surface area contributed by atoms with Crippen molar-refractivity contribution in [3.63, 3.8) is 0 Å². The van der Waals surface area contributed by atoms with Gasteiger partial charge in [-0.05, 0) is 6.42 Å². The number of rotatable bonds is 5. The van der Waals surface area contributed by atoms with E-state index in [9.17, 15) is 4.21 Å². The minimum Gasteiger partial charge on any atom is -0.360 e. The molecule has 1 fully saturated rings. The van der Waals surface area contributed by atoms with Gasteiger partial charge in [0.2, 0.25) is 5.13 Å². The molecule has 2 rings (SSSR count). The molecule has 1 aromatic heterocycles. The van der Waals surface area contributed by atoms with Crippen LogP contribution in [-0.2, 0) is 17.3 Å². The van der Waals surface area contributed by atoms with Crippen molar-refractivity contribution in [2.75, 3.05) is 36.5 Å². The average Bonchev–Trinajstić information content (AvgIpc) is 2.77.